The van der Waals surface area contributed by atoms with Crippen LogP contribution in [0.3, 0.4) is 0 Å². The fourth-order valence-corrected chi connectivity index (χ4v) is 2.36. The molecule has 2 N–H and O–H groups in total. The number of rotatable bonds is 5. The molecule has 0 bridgehead atoms. The molecule has 0 radical (unpaired) electrons. The lowest BCUT2D eigenvalue weighted by Crippen LogP contribution is -2.23. The fourth-order valence-electron chi connectivity index (χ4n) is 2.36. The number of amides is 1. The van der Waals surface area contributed by atoms with Crippen LogP contribution in [0.25, 0.3) is 0 Å². The van der Waals surface area contributed by atoms with Crippen molar-refractivity contribution in [1.29, 1.82) is 0 Å². The van der Waals surface area contributed by atoms with E-state index in [2.05, 4.69) is 48.6 Å². The van der Waals surface area contributed by atoms with E-state index in [0.717, 1.165) is 23.5 Å². The lowest BCUT2D eigenvalue weighted by molar-refractivity contribution is -0.117. The summed E-state index contributed by atoms with van der Waals surface area (Å²) in [5.74, 6) is 0.727. The van der Waals surface area contributed by atoms with Crippen molar-refractivity contribution < 1.29 is 4.79 Å². The third-order valence-electron chi connectivity index (χ3n) is 3.64. The number of carbonyl (C=O) groups excluding carboxylic acids is 1. The van der Waals surface area contributed by atoms with Crippen LogP contribution in [0.2, 0.25) is 0 Å². The molecule has 4 nitrogen and oxygen atoms in total. The Labute approximate surface area is 115 Å². The number of anilines is 2. The summed E-state index contributed by atoms with van der Waals surface area (Å²) < 4.78 is 0. The molecule has 0 aliphatic carbocycles. The average Bonchev–Trinajstić information content (AvgIpc) is 2.69. The third kappa shape index (κ3) is 2.89. The van der Waals surface area contributed by atoms with E-state index in [4.69, 9.17) is 0 Å². The molecule has 2 rings (SSSR count). The van der Waals surface area contributed by atoms with Gasteiger partial charge in [0.2, 0.25) is 5.91 Å². The van der Waals surface area contributed by atoms with E-state index in [1.807, 2.05) is 13.1 Å². The molecule has 1 unspecified atom stereocenters. The highest BCUT2D eigenvalue weighted by atomic mass is 16.2. The first-order valence-corrected chi connectivity index (χ1v) is 6.86. The summed E-state index contributed by atoms with van der Waals surface area (Å²) in [7, 11) is 3.90. The van der Waals surface area contributed by atoms with E-state index in [1.54, 1.807) is 0 Å². The first-order chi connectivity index (χ1) is 9.02. The average molecular weight is 261 g/mol. The van der Waals surface area contributed by atoms with E-state index >= 15 is 0 Å². The zero-order valence-electron chi connectivity index (χ0n) is 12.2. The molecule has 4 heteroatoms. The summed E-state index contributed by atoms with van der Waals surface area (Å²) in [5.41, 5.74) is 3.11. The predicted molar refractivity (Wildman–Crippen MR) is 79.6 cm³/mol. The normalized spacial score (nSPS) is 17.5. The van der Waals surface area contributed by atoms with Crippen LogP contribution < -0.4 is 15.5 Å². The van der Waals surface area contributed by atoms with E-state index in [0.29, 0.717) is 5.92 Å². The molecule has 1 aromatic carbocycles. The van der Waals surface area contributed by atoms with Gasteiger partial charge in [-0.25, -0.2) is 0 Å². The highest BCUT2D eigenvalue weighted by Crippen LogP contribution is 2.33. The van der Waals surface area contributed by atoms with Gasteiger partial charge in [0.15, 0.2) is 0 Å². The number of carbonyl (C=O) groups is 1. The number of likely N-dealkylation sites (N-methyl/N-ethyl adjacent to an activating group) is 1. The van der Waals surface area contributed by atoms with Gasteiger partial charge in [0.05, 0.1) is 0 Å². The molecular weight excluding hydrogens is 238 g/mol. The van der Waals surface area contributed by atoms with E-state index in [1.165, 1.54) is 6.42 Å². The number of hydrogen-bond donors (Lipinski definition) is 2. The van der Waals surface area contributed by atoms with Gasteiger partial charge in [-0.15, -0.1) is 0 Å². The van der Waals surface area contributed by atoms with Crippen molar-refractivity contribution in [1.82, 2.24) is 5.32 Å². The van der Waals surface area contributed by atoms with E-state index in [-0.39, 0.29) is 11.9 Å². The minimum Gasteiger partial charge on any atom is -0.375 e. The smallest absolute Gasteiger partial charge is 0.246 e. The fraction of sp³-hybridized carbons (Fsp3) is 0.533. The maximum absolute atomic E-state index is 11.8. The summed E-state index contributed by atoms with van der Waals surface area (Å²) in [4.78, 5) is 14.0. The van der Waals surface area contributed by atoms with Crippen molar-refractivity contribution in [2.24, 2.45) is 5.92 Å². The number of hydrogen-bond acceptors (Lipinski definition) is 3. The van der Waals surface area contributed by atoms with Crippen LogP contribution in [0.5, 0.6) is 0 Å². The Hall–Kier alpha value is -1.55. The molecule has 1 aromatic rings. The highest BCUT2D eigenvalue weighted by Gasteiger charge is 2.29. The van der Waals surface area contributed by atoms with Crippen LogP contribution in [0.4, 0.5) is 11.4 Å². The van der Waals surface area contributed by atoms with Crippen molar-refractivity contribution in [2.75, 3.05) is 30.9 Å². The van der Waals surface area contributed by atoms with Crippen molar-refractivity contribution in [3.63, 3.8) is 0 Å². The lowest BCUT2D eigenvalue weighted by Gasteiger charge is -2.21. The van der Waals surface area contributed by atoms with Crippen molar-refractivity contribution >= 4 is 17.3 Å². The van der Waals surface area contributed by atoms with Gasteiger partial charge in [0, 0.05) is 30.5 Å². The Morgan fingerprint density at radius 1 is 1.42 bits per heavy atom. The number of nitrogens with one attached hydrogen (secondary N) is 2. The molecule has 1 heterocycles. The quantitative estimate of drug-likeness (QED) is 0.855. The van der Waals surface area contributed by atoms with Crippen molar-refractivity contribution in [3.05, 3.63) is 23.8 Å². The summed E-state index contributed by atoms with van der Waals surface area (Å²) >= 11 is 0. The van der Waals surface area contributed by atoms with Gasteiger partial charge in [0.1, 0.15) is 6.04 Å². The van der Waals surface area contributed by atoms with Gasteiger partial charge < -0.3 is 15.5 Å². The van der Waals surface area contributed by atoms with Crippen LogP contribution in [0.1, 0.15) is 31.9 Å². The number of nitrogens with zero attached hydrogens (tertiary/aromatic N) is 1. The summed E-state index contributed by atoms with van der Waals surface area (Å²) in [6.07, 6.45) is 1.17. The number of benzene rings is 1. The van der Waals surface area contributed by atoms with E-state index < -0.39 is 0 Å². The van der Waals surface area contributed by atoms with Gasteiger partial charge in [-0.1, -0.05) is 19.9 Å². The minimum atomic E-state index is -0.218. The Bertz CT molecular complexity index is 470. The Balaban J connectivity index is 2.14. The molecule has 0 spiro atoms. The zero-order chi connectivity index (χ0) is 14.0. The maximum atomic E-state index is 11.8. The monoisotopic (exact) mass is 261 g/mol. The molecule has 104 valence electrons. The predicted octanol–water partition coefficient (Wildman–Crippen LogP) is 2.38. The van der Waals surface area contributed by atoms with E-state index in [9.17, 15) is 4.79 Å². The molecule has 0 aromatic heterocycles. The van der Waals surface area contributed by atoms with Gasteiger partial charge in [0.25, 0.3) is 0 Å². The van der Waals surface area contributed by atoms with Gasteiger partial charge >= 0.3 is 0 Å². The highest BCUT2D eigenvalue weighted by molar-refractivity contribution is 6.03. The Kier molecular flexibility index (Phi) is 4.10. The van der Waals surface area contributed by atoms with Crippen LogP contribution in [-0.2, 0) is 4.79 Å². The molecule has 1 atom stereocenters. The second kappa shape index (κ2) is 5.61. The second-order valence-electron chi connectivity index (χ2n) is 5.59. The van der Waals surface area contributed by atoms with Gasteiger partial charge in [-0.05, 0) is 31.5 Å². The Morgan fingerprint density at radius 2 is 2.16 bits per heavy atom. The van der Waals surface area contributed by atoms with Gasteiger partial charge in [-0.2, -0.15) is 0 Å². The van der Waals surface area contributed by atoms with Crippen LogP contribution >= 0.6 is 0 Å². The third-order valence-corrected chi connectivity index (χ3v) is 3.64. The molecule has 0 saturated carbocycles. The van der Waals surface area contributed by atoms with Gasteiger partial charge in [-0.3, -0.25) is 4.79 Å². The molecular formula is C15H23N3O. The van der Waals surface area contributed by atoms with Crippen LogP contribution in [-0.4, -0.2) is 26.5 Å². The summed E-state index contributed by atoms with van der Waals surface area (Å²) in [5, 5.41) is 5.96. The standard InChI is InChI=1S/C15H23N3O/c1-10(2)7-8-18(4)11-5-6-12-13(9-11)17-15(19)14(12)16-3/h5-6,9-10,14,16H,7-8H2,1-4H3,(H,17,19). The molecule has 1 aliphatic rings. The molecule has 1 amide bonds. The van der Waals surface area contributed by atoms with Crippen molar-refractivity contribution in [3.8, 4) is 0 Å². The first-order valence-electron chi connectivity index (χ1n) is 6.86. The molecule has 19 heavy (non-hydrogen) atoms. The first kappa shape index (κ1) is 13.9. The lowest BCUT2D eigenvalue weighted by atomic mass is 10.1. The number of fused-ring (bicyclic) bond motifs is 1. The van der Waals surface area contributed by atoms with Crippen LogP contribution in [0.15, 0.2) is 18.2 Å². The Morgan fingerprint density at radius 3 is 2.79 bits per heavy atom. The summed E-state index contributed by atoms with van der Waals surface area (Å²) in [6.45, 7) is 5.49. The van der Waals surface area contributed by atoms with Crippen LogP contribution in [0, 0.1) is 5.92 Å². The molecule has 1 aliphatic heterocycles. The second-order valence-corrected chi connectivity index (χ2v) is 5.59. The zero-order valence-corrected chi connectivity index (χ0v) is 12.2. The maximum Gasteiger partial charge on any atom is 0.246 e. The minimum absolute atomic E-state index is 0.0273. The van der Waals surface area contributed by atoms with Crippen molar-refractivity contribution in [2.45, 2.75) is 26.3 Å². The summed E-state index contributed by atoms with van der Waals surface area (Å²) in [6, 6.07) is 5.97. The molecule has 0 fully saturated rings. The topological polar surface area (TPSA) is 44.4 Å². The SMILES string of the molecule is CNC1C(=O)Nc2cc(N(C)CCC(C)C)ccc21. The largest absolute Gasteiger partial charge is 0.375 e. The molecule has 0 saturated heterocycles.